The number of nitrogens with zero attached hydrogens (tertiary/aromatic N) is 2. The number of anilines is 1. The monoisotopic (exact) mass is 709 g/mol. The van der Waals surface area contributed by atoms with Crippen LogP contribution in [0.4, 0.5) is 5.69 Å². The number of sulfonamides is 1. The minimum absolute atomic E-state index is 0.0740. The molecule has 4 aromatic carbocycles. The van der Waals surface area contributed by atoms with Crippen molar-refractivity contribution in [2.45, 2.75) is 50.7 Å². The number of hydrogen-bond acceptors (Lipinski definition) is 4. The third-order valence-electron chi connectivity index (χ3n) is 6.86. The molecule has 0 saturated carbocycles. The Balaban J connectivity index is 1.79. The normalized spacial score (nSPS) is 12.0. The lowest BCUT2D eigenvalue weighted by atomic mass is 10.0. The van der Waals surface area contributed by atoms with Gasteiger partial charge in [0.2, 0.25) is 11.8 Å². The fourth-order valence-electron chi connectivity index (χ4n) is 4.80. The second-order valence-corrected chi connectivity index (χ2v) is 13.8. The van der Waals surface area contributed by atoms with Crippen molar-refractivity contribution in [3.05, 3.63) is 129 Å². The number of amides is 2. The number of halogens is 1. The summed E-state index contributed by atoms with van der Waals surface area (Å²) in [5, 5.41) is 2.98. The Labute approximate surface area is 268 Å². The van der Waals surface area contributed by atoms with Crippen LogP contribution in [0.5, 0.6) is 0 Å². The number of nitrogens with one attached hydrogen (secondary N) is 1. The van der Waals surface area contributed by atoms with Crippen LogP contribution in [0.15, 0.2) is 114 Å². The zero-order valence-electron chi connectivity index (χ0n) is 24.5. The summed E-state index contributed by atoms with van der Waals surface area (Å²) in [6.45, 7) is 5.36. The Morgan fingerprint density at radius 2 is 1.42 bits per heavy atom. The van der Waals surface area contributed by atoms with Gasteiger partial charge < -0.3 is 10.2 Å². The van der Waals surface area contributed by atoms with Crippen molar-refractivity contribution < 1.29 is 18.0 Å². The quantitative estimate of drug-likeness (QED) is 0.184. The maximum absolute atomic E-state index is 14.4. The van der Waals surface area contributed by atoms with E-state index in [-0.39, 0.29) is 29.8 Å². The summed E-state index contributed by atoms with van der Waals surface area (Å²) >= 11 is 2.15. The summed E-state index contributed by atoms with van der Waals surface area (Å²) < 4.78 is 30.0. The molecular weight excluding hydrogens is 673 g/mol. The van der Waals surface area contributed by atoms with E-state index < -0.39 is 28.5 Å². The van der Waals surface area contributed by atoms with Crippen LogP contribution < -0.4 is 9.62 Å². The Bertz CT molecular complexity index is 1630. The summed E-state index contributed by atoms with van der Waals surface area (Å²) in [6, 6.07) is 31.3. The summed E-state index contributed by atoms with van der Waals surface area (Å²) in [5.74, 6) is -0.786. The number of rotatable bonds is 12. The Kier molecular flexibility index (Phi) is 11.0. The van der Waals surface area contributed by atoms with Crippen molar-refractivity contribution >= 4 is 50.1 Å². The molecule has 0 aliphatic rings. The minimum atomic E-state index is -4.12. The number of benzene rings is 4. The van der Waals surface area contributed by atoms with Crippen molar-refractivity contribution in [2.24, 2.45) is 0 Å². The van der Waals surface area contributed by atoms with Gasteiger partial charge in [-0.1, -0.05) is 78.4 Å². The lowest BCUT2D eigenvalue weighted by Crippen LogP contribution is -2.54. The highest BCUT2D eigenvalue weighted by Crippen LogP contribution is 2.26. The molecular formula is C34H36IN3O4S. The summed E-state index contributed by atoms with van der Waals surface area (Å²) in [5.41, 5.74) is 3.11. The van der Waals surface area contributed by atoms with Crippen LogP contribution in [0, 0.1) is 10.5 Å². The predicted molar refractivity (Wildman–Crippen MR) is 179 cm³/mol. The molecule has 9 heteroatoms. The molecule has 0 bridgehead atoms. The second-order valence-electron chi connectivity index (χ2n) is 10.7. The lowest BCUT2D eigenvalue weighted by molar-refractivity contribution is -0.140. The van der Waals surface area contributed by atoms with Crippen molar-refractivity contribution in [3.8, 4) is 0 Å². The van der Waals surface area contributed by atoms with E-state index >= 15 is 0 Å². The van der Waals surface area contributed by atoms with Crippen molar-refractivity contribution in [3.63, 3.8) is 0 Å². The van der Waals surface area contributed by atoms with Crippen LogP contribution >= 0.6 is 22.6 Å². The lowest BCUT2D eigenvalue weighted by Gasteiger charge is -2.34. The van der Waals surface area contributed by atoms with Crippen molar-refractivity contribution in [2.75, 3.05) is 10.8 Å². The van der Waals surface area contributed by atoms with Crippen LogP contribution in [0.2, 0.25) is 0 Å². The molecule has 1 unspecified atom stereocenters. The number of aryl methyl sites for hydroxylation is 1. The molecule has 4 aromatic rings. The van der Waals surface area contributed by atoms with Gasteiger partial charge in [-0.05, 0) is 90.9 Å². The van der Waals surface area contributed by atoms with Gasteiger partial charge in [0.05, 0.1) is 10.6 Å². The molecule has 43 heavy (non-hydrogen) atoms. The zero-order valence-corrected chi connectivity index (χ0v) is 27.5. The highest BCUT2D eigenvalue weighted by Gasteiger charge is 2.34. The maximum Gasteiger partial charge on any atom is 0.264 e. The SMILES string of the molecule is Cc1cccc(CN(C(=O)CN(c2ccc(I)cc2)S(=O)(=O)c2ccccc2)C(Cc2ccccc2)C(=O)NC(C)C)c1. The predicted octanol–water partition coefficient (Wildman–Crippen LogP) is 5.96. The summed E-state index contributed by atoms with van der Waals surface area (Å²) in [7, 11) is -4.12. The van der Waals surface area contributed by atoms with Gasteiger partial charge in [-0.25, -0.2) is 8.42 Å². The van der Waals surface area contributed by atoms with E-state index in [1.807, 2.05) is 75.4 Å². The maximum atomic E-state index is 14.4. The molecule has 7 nitrogen and oxygen atoms in total. The fraction of sp³-hybridized carbons (Fsp3) is 0.235. The molecule has 4 rings (SSSR count). The van der Waals surface area contributed by atoms with Crippen LogP contribution in [-0.2, 0) is 32.6 Å². The molecule has 0 heterocycles. The van der Waals surface area contributed by atoms with Gasteiger partial charge in [-0.3, -0.25) is 13.9 Å². The number of carbonyl (C=O) groups excluding carboxylic acids is 2. The second kappa shape index (κ2) is 14.7. The van der Waals surface area contributed by atoms with Gasteiger partial charge >= 0.3 is 0 Å². The molecule has 0 radical (unpaired) electrons. The average molecular weight is 710 g/mol. The van der Waals surface area contributed by atoms with Gasteiger partial charge in [-0.15, -0.1) is 0 Å². The van der Waals surface area contributed by atoms with Gasteiger partial charge in [0.25, 0.3) is 10.0 Å². The van der Waals surface area contributed by atoms with E-state index in [1.54, 1.807) is 42.5 Å². The van der Waals surface area contributed by atoms with Gasteiger partial charge in [0.1, 0.15) is 12.6 Å². The van der Waals surface area contributed by atoms with E-state index in [1.165, 1.54) is 17.0 Å². The van der Waals surface area contributed by atoms with Gasteiger partial charge in [0, 0.05) is 22.6 Å². The first kappa shape index (κ1) is 32.2. The van der Waals surface area contributed by atoms with E-state index in [9.17, 15) is 18.0 Å². The Morgan fingerprint density at radius 3 is 2.02 bits per heavy atom. The fourth-order valence-corrected chi connectivity index (χ4v) is 6.59. The van der Waals surface area contributed by atoms with E-state index in [4.69, 9.17) is 0 Å². The van der Waals surface area contributed by atoms with Gasteiger partial charge in [0.15, 0.2) is 0 Å². The molecule has 224 valence electrons. The third-order valence-corrected chi connectivity index (χ3v) is 9.37. The third kappa shape index (κ3) is 8.67. The summed E-state index contributed by atoms with van der Waals surface area (Å²) in [6.07, 6.45) is 0.270. The molecule has 0 aliphatic heterocycles. The van der Waals surface area contributed by atoms with Crippen molar-refractivity contribution in [1.82, 2.24) is 10.2 Å². The highest BCUT2D eigenvalue weighted by molar-refractivity contribution is 14.1. The van der Waals surface area contributed by atoms with Crippen molar-refractivity contribution in [1.29, 1.82) is 0 Å². The average Bonchev–Trinajstić information content (AvgIpc) is 2.98. The van der Waals surface area contributed by atoms with Gasteiger partial charge in [-0.2, -0.15) is 0 Å². The Morgan fingerprint density at radius 1 is 0.814 bits per heavy atom. The topological polar surface area (TPSA) is 86.8 Å². The van der Waals surface area contributed by atoms with E-state index in [0.717, 1.165) is 24.6 Å². The summed E-state index contributed by atoms with van der Waals surface area (Å²) in [4.78, 5) is 29.7. The molecule has 1 atom stereocenters. The zero-order chi connectivity index (χ0) is 31.0. The molecule has 0 aromatic heterocycles. The van der Waals surface area contributed by atoms with Crippen LogP contribution in [-0.4, -0.2) is 43.8 Å². The van der Waals surface area contributed by atoms with Crippen LogP contribution in [0.3, 0.4) is 0 Å². The first-order chi connectivity index (χ1) is 20.5. The Hall–Kier alpha value is -3.70. The standard InChI is InChI=1S/C34H36IN3O4S/c1-25(2)36-34(40)32(22-27-12-6-4-7-13-27)37(23-28-14-10-11-26(3)21-28)33(39)24-38(30-19-17-29(35)18-20-30)43(41,42)31-15-8-5-9-16-31/h4-21,25,32H,22-24H2,1-3H3,(H,36,40). The molecule has 0 fully saturated rings. The molecule has 0 spiro atoms. The first-order valence-corrected chi connectivity index (χ1v) is 16.6. The van der Waals surface area contributed by atoms with E-state index in [0.29, 0.717) is 5.69 Å². The smallest absolute Gasteiger partial charge is 0.264 e. The highest BCUT2D eigenvalue weighted by atomic mass is 127. The molecule has 1 N–H and O–H groups in total. The first-order valence-electron chi connectivity index (χ1n) is 14.1. The van der Waals surface area contributed by atoms with E-state index in [2.05, 4.69) is 27.9 Å². The molecule has 2 amide bonds. The number of hydrogen-bond donors (Lipinski definition) is 1. The van der Waals surface area contributed by atoms with Crippen LogP contribution in [0.1, 0.15) is 30.5 Å². The molecule has 0 aliphatic carbocycles. The molecule has 0 saturated heterocycles. The largest absolute Gasteiger partial charge is 0.352 e. The minimum Gasteiger partial charge on any atom is -0.352 e. The number of carbonyl (C=O) groups is 2. The van der Waals surface area contributed by atoms with Crippen LogP contribution in [0.25, 0.3) is 0 Å².